The number of likely N-dealkylation sites (tertiary alicyclic amines) is 1. The molecule has 1 N–H and O–H groups in total. The van der Waals surface area contributed by atoms with Gasteiger partial charge in [-0.25, -0.2) is 0 Å². The molecule has 0 spiro atoms. The molecule has 3 fully saturated rings. The van der Waals surface area contributed by atoms with Crippen LogP contribution in [0.4, 0.5) is 0 Å². The standard InChI is InChI=1S/C25H25ClN4O4S/c26-17-12-30(22-18(31)13-34-23(17)22)25(33)21(15-4-2-1-3-5-15)29-24(32)20-7-6-19(35-20)16-8-14(9-27)10-28-11-16/h6-8,10-11,15,17,21-23H,1-5,12-13H2,(H,29,32). The molecule has 35 heavy (non-hydrogen) atoms. The lowest BCUT2D eigenvalue weighted by atomic mass is 9.83. The van der Waals surface area contributed by atoms with Gasteiger partial charge in [-0.15, -0.1) is 22.9 Å². The van der Waals surface area contributed by atoms with E-state index in [1.165, 1.54) is 22.4 Å². The maximum Gasteiger partial charge on any atom is 0.262 e. The van der Waals surface area contributed by atoms with Crippen molar-refractivity contribution in [3.63, 3.8) is 0 Å². The van der Waals surface area contributed by atoms with Crippen molar-refractivity contribution in [2.45, 2.75) is 55.7 Å². The number of Topliss-reactive ketones (excluding diaryl/α,β-unsaturated/α-hetero) is 1. The lowest BCUT2D eigenvalue weighted by molar-refractivity contribution is -0.139. The minimum Gasteiger partial charge on any atom is -0.366 e. The number of nitriles is 1. The third-order valence-electron chi connectivity index (χ3n) is 7.06. The van der Waals surface area contributed by atoms with E-state index >= 15 is 0 Å². The molecule has 4 atom stereocenters. The van der Waals surface area contributed by atoms with E-state index in [4.69, 9.17) is 21.6 Å². The van der Waals surface area contributed by atoms with Crippen molar-refractivity contribution in [1.82, 2.24) is 15.2 Å². The van der Waals surface area contributed by atoms with Crippen molar-refractivity contribution >= 4 is 40.5 Å². The highest BCUT2D eigenvalue weighted by Gasteiger charge is 2.53. The molecule has 10 heteroatoms. The van der Waals surface area contributed by atoms with Crippen LogP contribution in [0.15, 0.2) is 30.6 Å². The lowest BCUT2D eigenvalue weighted by Gasteiger charge is -2.34. The molecule has 4 unspecified atom stereocenters. The van der Waals surface area contributed by atoms with Gasteiger partial charge in [0.25, 0.3) is 5.91 Å². The SMILES string of the molecule is N#Cc1cncc(-c2ccc(C(=O)NC(C(=O)N3CC(Cl)C4OCC(=O)C43)C3CCCCC3)s2)c1. The van der Waals surface area contributed by atoms with Gasteiger partial charge in [0, 0.05) is 29.4 Å². The number of hydrogen-bond donors (Lipinski definition) is 1. The molecule has 4 heterocycles. The number of fused-ring (bicyclic) bond motifs is 1. The molecule has 0 bridgehead atoms. The van der Waals surface area contributed by atoms with Gasteiger partial charge in [0.1, 0.15) is 30.9 Å². The normalized spacial score (nSPS) is 25.2. The second-order valence-corrected chi connectivity index (χ2v) is 10.9. The number of hydrogen-bond acceptors (Lipinski definition) is 7. The molecule has 2 aromatic rings. The summed E-state index contributed by atoms with van der Waals surface area (Å²) in [6.07, 6.45) is 7.44. The molecule has 2 aliphatic heterocycles. The molecule has 1 saturated carbocycles. The van der Waals surface area contributed by atoms with Gasteiger partial charge in [0.2, 0.25) is 5.91 Å². The number of amides is 2. The van der Waals surface area contributed by atoms with Crippen molar-refractivity contribution in [2.75, 3.05) is 13.2 Å². The summed E-state index contributed by atoms with van der Waals surface area (Å²) in [6.45, 7) is 0.189. The molecule has 3 aliphatic rings. The highest BCUT2D eigenvalue weighted by Crippen LogP contribution is 2.34. The maximum absolute atomic E-state index is 13.8. The van der Waals surface area contributed by atoms with Crippen molar-refractivity contribution in [2.24, 2.45) is 5.92 Å². The molecule has 0 radical (unpaired) electrons. The Bertz CT molecular complexity index is 1190. The molecular formula is C25H25ClN4O4S. The summed E-state index contributed by atoms with van der Waals surface area (Å²) in [5.41, 5.74) is 1.20. The Morgan fingerprint density at radius 2 is 2.06 bits per heavy atom. The smallest absolute Gasteiger partial charge is 0.262 e. The summed E-state index contributed by atoms with van der Waals surface area (Å²) in [5.74, 6) is -0.732. The van der Waals surface area contributed by atoms with Gasteiger partial charge in [-0.3, -0.25) is 19.4 Å². The van der Waals surface area contributed by atoms with E-state index in [-0.39, 0.29) is 36.7 Å². The minimum atomic E-state index is -0.729. The van der Waals surface area contributed by atoms with Crippen LogP contribution in [0.25, 0.3) is 10.4 Å². The third kappa shape index (κ3) is 4.70. The number of alkyl halides is 1. The monoisotopic (exact) mass is 512 g/mol. The summed E-state index contributed by atoms with van der Waals surface area (Å²) >= 11 is 7.69. The average molecular weight is 513 g/mol. The summed E-state index contributed by atoms with van der Waals surface area (Å²) in [5, 5.41) is 11.7. The van der Waals surface area contributed by atoms with E-state index in [1.807, 2.05) is 6.07 Å². The summed E-state index contributed by atoms with van der Waals surface area (Å²) in [7, 11) is 0. The topological polar surface area (TPSA) is 112 Å². The van der Waals surface area contributed by atoms with Gasteiger partial charge in [0.15, 0.2) is 5.78 Å². The predicted octanol–water partition coefficient (Wildman–Crippen LogP) is 3.15. The Kier molecular flexibility index (Phi) is 6.87. The van der Waals surface area contributed by atoms with E-state index in [0.717, 1.165) is 42.5 Å². The highest BCUT2D eigenvalue weighted by atomic mass is 35.5. The molecular weight excluding hydrogens is 488 g/mol. The predicted molar refractivity (Wildman–Crippen MR) is 130 cm³/mol. The van der Waals surface area contributed by atoms with Crippen molar-refractivity contribution in [1.29, 1.82) is 5.26 Å². The van der Waals surface area contributed by atoms with Crippen LogP contribution < -0.4 is 5.32 Å². The number of rotatable bonds is 5. The van der Waals surface area contributed by atoms with Gasteiger partial charge in [0.05, 0.1) is 15.8 Å². The largest absolute Gasteiger partial charge is 0.366 e. The van der Waals surface area contributed by atoms with Crippen LogP contribution in [0.2, 0.25) is 0 Å². The molecule has 0 aromatic carbocycles. The van der Waals surface area contributed by atoms with E-state index in [2.05, 4.69) is 16.4 Å². The van der Waals surface area contributed by atoms with Crippen LogP contribution in [0.3, 0.4) is 0 Å². The number of aromatic nitrogens is 1. The van der Waals surface area contributed by atoms with Gasteiger partial charge in [-0.2, -0.15) is 5.26 Å². The Morgan fingerprint density at radius 3 is 2.83 bits per heavy atom. The first-order valence-electron chi connectivity index (χ1n) is 11.8. The Morgan fingerprint density at radius 1 is 1.26 bits per heavy atom. The number of thiophene rings is 1. The quantitative estimate of drug-likeness (QED) is 0.616. The summed E-state index contributed by atoms with van der Waals surface area (Å²) in [4.78, 5) is 46.4. The number of nitrogens with zero attached hydrogens (tertiary/aromatic N) is 3. The van der Waals surface area contributed by atoms with Crippen LogP contribution in [0.1, 0.15) is 47.3 Å². The Labute approximate surface area is 212 Å². The number of halogens is 1. The van der Waals surface area contributed by atoms with E-state index in [1.54, 1.807) is 18.3 Å². The van der Waals surface area contributed by atoms with Gasteiger partial charge in [-0.05, 0) is 37.0 Å². The van der Waals surface area contributed by atoms with Crippen LogP contribution in [0, 0.1) is 17.2 Å². The molecule has 1 aliphatic carbocycles. The third-order valence-corrected chi connectivity index (χ3v) is 8.58. The van der Waals surface area contributed by atoms with E-state index < -0.39 is 23.6 Å². The van der Waals surface area contributed by atoms with Crippen molar-refractivity contribution < 1.29 is 19.1 Å². The molecule has 2 aromatic heterocycles. The zero-order chi connectivity index (χ0) is 24.5. The van der Waals surface area contributed by atoms with Crippen molar-refractivity contribution in [3.8, 4) is 16.5 Å². The molecule has 182 valence electrons. The number of ether oxygens (including phenoxy) is 1. The van der Waals surface area contributed by atoms with Crippen LogP contribution in [0.5, 0.6) is 0 Å². The summed E-state index contributed by atoms with van der Waals surface area (Å²) in [6, 6.07) is 5.91. The zero-order valence-electron chi connectivity index (χ0n) is 19.0. The average Bonchev–Trinajstić information content (AvgIpc) is 3.61. The fourth-order valence-corrected chi connectivity index (χ4v) is 6.56. The highest BCUT2D eigenvalue weighted by molar-refractivity contribution is 7.17. The van der Waals surface area contributed by atoms with E-state index in [9.17, 15) is 14.4 Å². The number of pyridine rings is 1. The summed E-state index contributed by atoms with van der Waals surface area (Å²) < 4.78 is 5.53. The molecule has 2 saturated heterocycles. The number of nitrogens with one attached hydrogen (secondary N) is 1. The van der Waals surface area contributed by atoms with Gasteiger partial charge < -0.3 is 15.0 Å². The first kappa shape index (κ1) is 23.9. The number of carbonyl (C=O) groups is 3. The zero-order valence-corrected chi connectivity index (χ0v) is 20.6. The van der Waals surface area contributed by atoms with Gasteiger partial charge >= 0.3 is 0 Å². The molecule has 2 amide bonds. The molecule has 5 rings (SSSR count). The minimum absolute atomic E-state index is 0.00129. The number of ketones is 1. The first-order chi connectivity index (χ1) is 17.0. The molecule has 8 nitrogen and oxygen atoms in total. The second kappa shape index (κ2) is 10.1. The Balaban J connectivity index is 1.37. The maximum atomic E-state index is 13.8. The van der Waals surface area contributed by atoms with Crippen LogP contribution >= 0.6 is 22.9 Å². The Hall–Kier alpha value is -2.80. The lowest BCUT2D eigenvalue weighted by Crippen LogP contribution is -2.55. The van der Waals surface area contributed by atoms with Crippen LogP contribution in [-0.2, 0) is 14.3 Å². The van der Waals surface area contributed by atoms with Gasteiger partial charge in [-0.1, -0.05) is 19.3 Å². The first-order valence-corrected chi connectivity index (χ1v) is 13.1. The van der Waals surface area contributed by atoms with Crippen molar-refractivity contribution in [3.05, 3.63) is 41.0 Å². The second-order valence-electron chi connectivity index (χ2n) is 9.28. The fraction of sp³-hybridized carbons (Fsp3) is 0.480. The van der Waals surface area contributed by atoms with Crippen LogP contribution in [-0.4, -0.2) is 64.2 Å². The van der Waals surface area contributed by atoms with E-state index in [0.29, 0.717) is 10.4 Å². The number of carbonyl (C=O) groups excluding carboxylic acids is 3. The fourth-order valence-electron chi connectivity index (χ4n) is 5.31.